The van der Waals surface area contributed by atoms with Gasteiger partial charge in [-0.2, -0.15) is 5.10 Å². The molecule has 1 amide bonds. The van der Waals surface area contributed by atoms with Gasteiger partial charge in [0.15, 0.2) is 5.69 Å². The van der Waals surface area contributed by atoms with Crippen molar-refractivity contribution in [3.8, 4) is 0 Å². The maximum absolute atomic E-state index is 13.0. The van der Waals surface area contributed by atoms with Gasteiger partial charge in [0.25, 0.3) is 5.91 Å². The van der Waals surface area contributed by atoms with Gasteiger partial charge in [0, 0.05) is 23.9 Å². The van der Waals surface area contributed by atoms with Crippen molar-refractivity contribution in [1.82, 2.24) is 15.5 Å². The van der Waals surface area contributed by atoms with Crippen LogP contribution in [-0.2, 0) is 6.54 Å². The fourth-order valence-corrected chi connectivity index (χ4v) is 1.69. The van der Waals surface area contributed by atoms with Crippen molar-refractivity contribution in [3.05, 3.63) is 52.3 Å². The number of nitrogens with one attached hydrogen (secondary N) is 2. The highest BCUT2D eigenvalue weighted by Crippen LogP contribution is 2.10. The van der Waals surface area contributed by atoms with Crippen LogP contribution < -0.4 is 5.32 Å². The summed E-state index contributed by atoms with van der Waals surface area (Å²) in [6.07, 6.45) is 0. The Morgan fingerprint density at radius 3 is 2.42 bits per heavy atom. The molecular formula is C13H13F2N3O. The number of rotatable bonds is 3. The lowest BCUT2D eigenvalue weighted by atomic mass is 10.2. The van der Waals surface area contributed by atoms with Crippen LogP contribution >= 0.6 is 0 Å². The van der Waals surface area contributed by atoms with E-state index in [-0.39, 0.29) is 18.1 Å². The van der Waals surface area contributed by atoms with E-state index < -0.39 is 11.6 Å². The van der Waals surface area contributed by atoms with Crippen LogP contribution in [0, 0.1) is 25.5 Å². The first-order valence-electron chi connectivity index (χ1n) is 5.72. The lowest BCUT2D eigenvalue weighted by Crippen LogP contribution is -2.24. The highest BCUT2D eigenvalue weighted by molar-refractivity contribution is 5.93. The van der Waals surface area contributed by atoms with Crippen LogP contribution in [0.4, 0.5) is 8.78 Å². The smallest absolute Gasteiger partial charge is 0.272 e. The molecule has 100 valence electrons. The van der Waals surface area contributed by atoms with E-state index in [0.29, 0.717) is 5.56 Å². The van der Waals surface area contributed by atoms with Crippen LogP contribution in [0.15, 0.2) is 18.2 Å². The van der Waals surface area contributed by atoms with E-state index in [9.17, 15) is 13.6 Å². The summed E-state index contributed by atoms with van der Waals surface area (Å²) in [4.78, 5) is 11.8. The second kappa shape index (κ2) is 5.17. The predicted molar refractivity (Wildman–Crippen MR) is 65.6 cm³/mol. The molecule has 0 unspecified atom stereocenters. The number of aromatic nitrogens is 2. The van der Waals surface area contributed by atoms with E-state index in [2.05, 4.69) is 15.5 Å². The molecule has 0 aliphatic heterocycles. The van der Waals surface area contributed by atoms with Gasteiger partial charge >= 0.3 is 0 Å². The van der Waals surface area contributed by atoms with E-state index in [0.717, 1.165) is 17.3 Å². The van der Waals surface area contributed by atoms with E-state index in [1.807, 2.05) is 0 Å². The molecule has 1 aromatic carbocycles. The van der Waals surface area contributed by atoms with Crippen LogP contribution in [0.5, 0.6) is 0 Å². The van der Waals surface area contributed by atoms with Gasteiger partial charge in [-0.15, -0.1) is 0 Å². The van der Waals surface area contributed by atoms with Gasteiger partial charge in [0.05, 0.1) is 0 Å². The molecule has 19 heavy (non-hydrogen) atoms. The Balaban J connectivity index is 2.06. The molecule has 0 atom stereocenters. The maximum atomic E-state index is 13.0. The summed E-state index contributed by atoms with van der Waals surface area (Å²) in [5, 5.41) is 9.15. The number of aryl methyl sites for hydroxylation is 1. The van der Waals surface area contributed by atoms with E-state index in [1.54, 1.807) is 13.8 Å². The van der Waals surface area contributed by atoms with Crippen LogP contribution in [0.3, 0.4) is 0 Å². The molecule has 1 aromatic heterocycles. The Hall–Kier alpha value is -2.24. The van der Waals surface area contributed by atoms with E-state index in [4.69, 9.17) is 0 Å². The molecule has 2 aromatic rings. The van der Waals surface area contributed by atoms with Gasteiger partial charge in [0.2, 0.25) is 0 Å². The summed E-state index contributed by atoms with van der Waals surface area (Å²) < 4.78 is 25.9. The monoisotopic (exact) mass is 265 g/mol. The van der Waals surface area contributed by atoms with Crippen molar-refractivity contribution >= 4 is 5.91 Å². The van der Waals surface area contributed by atoms with Crippen molar-refractivity contribution in [2.45, 2.75) is 20.4 Å². The average Bonchev–Trinajstić information content (AvgIpc) is 2.66. The average molecular weight is 265 g/mol. The zero-order chi connectivity index (χ0) is 14.0. The largest absolute Gasteiger partial charge is 0.347 e. The number of halogens is 2. The summed E-state index contributed by atoms with van der Waals surface area (Å²) in [6, 6.07) is 3.13. The number of benzene rings is 1. The molecule has 0 aliphatic carbocycles. The Bertz CT molecular complexity index is 602. The minimum Gasteiger partial charge on any atom is -0.347 e. The molecule has 0 saturated heterocycles. The summed E-state index contributed by atoms with van der Waals surface area (Å²) in [7, 11) is 0. The van der Waals surface area contributed by atoms with Crippen molar-refractivity contribution < 1.29 is 13.6 Å². The topological polar surface area (TPSA) is 57.8 Å². The summed E-state index contributed by atoms with van der Waals surface area (Å²) in [6.45, 7) is 3.62. The predicted octanol–water partition coefficient (Wildman–Crippen LogP) is 2.23. The molecule has 0 aliphatic rings. The second-order valence-electron chi connectivity index (χ2n) is 4.28. The normalized spacial score (nSPS) is 10.5. The molecule has 1 heterocycles. The number of carbonyl (C=O) groups is 1. The summed E-state index contributed by atoms with van der Waals surface area (Å²) in [5.74, 6) is -1.72. The quantitative estimate of drug-likeness (QED) is 0.894. The number of amides is 1. The molecule has 0 fully saturated rings. The molecule has 0 bridgehead atoms. The summed E-state index contributed by atoms with van der Waals surface area (Å²) in [5.41, 5.74) is 2.20. The molecule has 2 N–H and O–H groups in total. The Morgan fingerprint density at radius 1 is 1.26 bits per heavy atom. The standard InChI is InChI=1S/C13H13F2N3O/c1-7-8(2)17-18-12(7)13(19)16-6-9-3-10(14)5-11(15)4-9/h3-5H,6H2,1-2H3,(H,16,19)(H,17,18). The third kappa shape index (κ3) is 2.96. The third-order valence-electron chi connectivity index (χ3n) is 2.84. The number of carbonyl (C=O) groups excluding carboxylic acids is 1. The maximum Gasteiger partial charge on any atom is 0.272 e. The number of nitrogens with zero attached hydrogens (tertiary/aromatic N) is 1. The van der Waals surface area contributed by atoms with E-state index >= 15 is 0 Å². The van der Waals surface area contributed by atoms with Crippen LogP contribution in [-0.4, -0.2) is 16.1 Å². The van der Waals surface area contributed by atoms with Crippen LogP contribution in [0.2, 0.25) is 0 Å². The minimum absolute atomic E-state index is 0.0405. The summed E-state index contributed by atoms with van der Waals surface area (Å²) >= 11 is 0. The highest BCUT2D eigenvalue weighted by Gasteiger charge is 2.14. The molecule has 0 spiro atoms. The Morgan fingerprint density at radius 2 is 1.89 bits per heavy atom. The van der Waals surface area contributed by atoms with Gasteiger partial charge in [-0.1, -0.05) is 0 Å². The number of hydrogen-bond acceptors (Lipinski definition) is 2. The van der Waals surface area contributed by atoms with Crippen molar-refractivity contribution in [2.24, 2.45) is 0 Å². The number of aromatic amines is 1. The highest BCUT2D eigenvalue weighted by atomic mass is 19.1. The van der Waals surface area contributed by atoms with Gasteiger partial charge in [-0.25, -0.2) is 8.78 Å². The van der Waals surface area contributed by atoms with Gasteiger partial charge in [-0.05, 0) is 31.5 Å². The fraction of sp³-hybridized carbons (Fsp3) is 0.231. The number of H-pyrrole nitrogens is 1. The molecule has 6 heteroatoms. The van der Waals surface area contributed by atoms with Crippen molar-refractivity contribution in [1.29, 1.82) is 0 Å². The van der Waals surface area contributed by atoms with Crippen molar-refractivity contribution in [3.63, 3.8) is 0 Å². The molecule has 2 rings (SSSR count). The Kier molecular flexibility index (Phi) is 3.59. The fourth-order valence-electron chi connectivity index (χ4n) is 1.69. The SMILES string of the molecule is Cc1[nH]nc(C(=O)NCc2cc(F)cc(F)c2)c1C. The van der Waals surface area contributed by atoms with Crippen LogP contribution in [0.25, 0.3) is 0 Å². The van der Waals surface area contributed by atoms with Crippen molar-refractivity contribution in [2.75, 3.05) is 0 Å². The minimum atomic E-state index is -0.670. The zero-order valence-corrected chi connectivity index (χ0v) is 10.6. The van der Waals surface area contributed by atoms with Gasteiger partial charge < -0.3 is 5.32 Å². The molecule has 0 saturated carbocycles. The molecule has 0 radical (unpaired) electrons. The zero-order valence-electron chi connectivity index (χ0n) is 10.6. The molecular weight excluding hydrogens is 252 g/mol. The Labute approximate surface area is 108 Å². The second-order valence-corrected chi connectivity index (χ2v) is 4.28. The van der Waals surface area contributed by atoms with Gasteiger partial charge in [0.1, 0.15) is 11.6 Å². The first-order valence-corrected chi connectivity index (χ1v) is 5.72. The third-order valence-corrected chi connectivity index (χ3v) is 2.84. The lowest BCUT2D eigenvalue weighted by molar-refractivity contribution is 0.0945. The van der Waals surface area contributed by atoms with E-state index in [1.165, 1.54) is 12.1 Å². The first-order chi connectivity index (χ1) is 8.97. The van der Waals surface area contributed by atoms with Gasteiger partial charge in [-0.3, -0.25) is 9.89 Å². The first kappa shape index (κ1) is 13.2. The number of hydrogen-bond donors (Lipinski definition) is 2. The molecule has 4 nitrogen and oxygen atoms in total. The lowest BCUT2D eigenvalue weighted by Gasteiger charge is -2.05. The van der Waals surface area contributed by atoms with Crippen LogP contribution in [0.1, 0.15) is 27.3 Å².